The minimum Gasteiger partial charge on any atom is -0.409 e. The van der Waals surface area contributed by atoms with Crippen LogP contribution in [0.5, 0.6) is 0 Å². The summed E-state index contributed by atoms with van der Waals surface area (Å²) in [5.74, 6) is -0.426. The van der Waals surface area contributed by atoms with Gasteiger partial charge in [-0.1, -0.05) is 22.9 Å². The Hall–Kier alpha value is -2.04. The summed E-state index contributed by atoms with van der Waals surface area (Å²) in [5.41, 5.74) is 8.36. The average molecular weight is 263 g/mol. The van der Waals surface area contributed by atoms with Crippen LogP contribution in [0.15, 0.2) is 17.3 Å². The molecule has 0 spiro atoms. The summed E-state index contributed by atoms with van der Waals surface area (Å²) in [7, 11) is 0. The van der Waals surface area contributed by atoms with Crippen LogP contribution >= 0.6 is 0 Å². The van der Waals surface area contributed by atoms with E-state index in [4.69, 9.17) is 10.9 Å². The molecule has 0 fully saturated rings. The number of oxime groups is 1. The van der Waals surface area contributed by atoms with Crippen LogP contribution in [-0.4, -0.2) is 17.0 Å². The lowest BCUT2D eigenvalue weighted by atomic mass is 9.90. The zero-order valence-electron chi connectivity index (χ0n) is 12.0. The summed E-state index contributed by atoms with van der Waals surface area (Å²) in [6.45, 7) is 9.09. The summed E-state index contributed by atoms with van der Waals surface area (Å²) in [4.78, 5) is 12.2. The molecular formula is C14H21N3O2. The number of nitrogens with two attached hydrogens (primary N) is 1. The molecule has 0 bridgehead atoms. The number of carbonyl (C=O) groups excluding carboxylic acids is 1. The molecule has 0 saturated heterocycles. The van der Waals surface area contributed by atoms with Gasteiger partial charge in [0.1, 0.15) is 5.41 Å². The zero-order chi connectivity index (χ0) is 14.8. The van der Waals surface area contributed by atoms with Crippen molar-refractivity contribution < 1.29 is 10.0 Å². The molecule has 1 aromatic rings. The van der Waals surface area contributed by atoms with Crippen LogP contribution in [0.2, 0.25) is 0 Å². The van der Waals surface area contributed by atoms with E-state index in [9.17, 15) is 4.79 Å². The van der Waals surface area contributed by atoms with Crippen molar-refractivity contribution in [1.82, 2.24) is 0 Å². The van der Waals surface area contributed by atoms with E-state index < -0.39 is 5.41 Å². The monoisotopic (exact) mass is 263 g/mol. The van der Waals surface area contributed by atoms with Crippen LogP contribution in [0, 0.1) is 26.2 Å². The number of hydrogen-bond donors (Lipinski definition) is 3. The number of hydrogen-bond acceptors (Lipinski definition) is 3. The van der Waals surface area contributed by atoms with Gasteiger partial charge in [0.15, 0.2) is 5.84 Å². The molecule has 0 atom stereocenters. The van der Waals surface area contributed by atoms with Crippen LogP contribution in [0.1, 0.15) is 30.5 Å². The minimum absolute atomic E-state index is 0.118. The third kappa shape index (κ3) is 3.05. The predicted octanol–water partition coefficient (Wildman–Crippen LogP) is 2.32. The summed E-state index contributed by atoms with van der Waals surface area (Å²) < 4.78 is 0. The Morgan fingerprint density at radius 3 is 2.16 bits per heavy atom. The number of nitrogens with zero attached hydrogens (tertiary/aromatic N) is 1. The average Bonchev–Trinajstić information content (AvgIpc) is 2.31. The highest BCUT2D eigenvalue weighted by molar-refractivity contribution is 6.11. The van der Waals surface area contributed by atoms with E-state index in [1.807, 2.05) is 32.9 Å². The number of rotatable bonds is 3. The van der Waals surface area contributed by atoms with Gasteiger partial charge in [0.05, 0.1) is 0 Å². The molecule has 0 aliphatic heterocycles. The molecule has 1 amide bonds. The Balaban J connectivity index is 3.08. The van der Waals surface area contributed by atoms with Gasteiger partial charge in [-0.05, 0) is 45.7 Å². The maximum atomic E-state index is 12.2. The van der Waals surface area contributed by atoms with Crippen molar-refractivity contribution in [2.24, 2.45) is 16.3 Å². The molecule has 0 unspecified atom stereocenters. The second kappa shape index (κ2) is 5.30. The second-order valence-corrected chi connectivity index (χ2v) is 5.34. The molecule has 5 heteroatoms. The Bertz CT molecular complexity index is 510. The lowest BCUT2D eigenvalue weighted by molar-refractivity contribution is -0.121. The molecule has 0 aliphatic carbocycles. The molecule has 4 N–H and O–H groups in total. The molecule has 19 heavy (non-hydrogen) atoms. The van der Waals surface area contributed by atoms with Crippen molar-refractivity contribution in [3.8, 4) is 0 Å². The Morgan fingerprint density at radius 1 is 1.26 bits per heavy atom. The topological polar surface area (TPSA) is 87.7 Å². The fraction of sp³-hybridized carbons (Fsp3) is 0.429. The maximum Gasteiger partial charge on any atom is 0.237 e. The zero-order valence-corrected chi connectivity index (χ0v) is 12.0. The van der Waals surface area contributed by atoms with Crippen molar-refractivity contribution in [3.05, 3.63) is 28.8 Å². The first-order valence-corrected chi connectivity index (χ1v) is 6.07. The maximum absolute atomic E-state index is 12.2. The number of anilines is 1. The van der Waals surface area contributed by atoms with Crippen molar-refractivity contribution in [2.45, 2.75) is 34.6 Å². The molecule has 0 aromatic heterocycles. The first-order valence-electron chi connectivity index (χ1n) is 6.07. The molecule has 0 heterocycles. The number of amides is 1. The van der Waals surface area contributed by atoms with Gasteiger partial charge in [0, 0.05) is 5.69 Å². The summed E-state index contributed by atoms with van der Waals surface area (Å²) in [5, 5.41) is 14.5. The van der Waals surface area contributed by atoms with Crippen LogP contribution < -0.4 is 11.1 Å². The van der Waals surface area contributed by atoms with E-state index in [0.29, 0.717) is 0 Å². The van der Waals surface area contributed by atoms with Gasteiger partial charge in [-0.3, -0.25) is 4.79 Å². The van der Waals surface area contributed by atoms with E-state index >= 15 is 0 Å². The minimum atomic E-state index is -1.07. The lowest BCUT2D eigenvalue weighted by Crippen LogP contribution is -2.42. The Morgan fingerprint density at radius 2 is 1.74 bits per heavy atom. The lowest BCUT2D eigenvalue weighted by Gasteiger charge is -2.23. The fourth-order valence-electron chi connectivity index (χ4n) is 1.89. The number of carbonyl (C=O) groups is 1. The first-order chi connectivity index (χ1) is 8.70. The van der Waals surface area contributed by atoms with E-state index in [-0.39, 0.29) is 11.7 Å². The van der Waals surface area contributed by atoms with E-state index in [2.05, 4.69) is 10.5 Å². The number of benzene rings is 1. The fourth-order valence-corrected chi connectivity index (χ4v) is 1.89. The highest BCUT2D eigenvalue weighted by atomic mass is 16.4. The SMILES string of the molecule is Cc1cc(C)c(NC(=O)C(C)(C)C(N)=NO)c(C)c1. The number of amidine groups is 1. The summed E-state index contributed by atoms with van der Waals surface area (Å²) >= 11 is 0. The van der Waals surface area contributed by atoms with Crippen LogP contribution in [-0.2, 0) is 4.79 Å². The van der Waals surface area contributed by atoms with Crippen LogP contribution in [0.4, 0.5) is 5.69 Å². The van der Waals surface area contributed by atoms with Gasteiger partial charge < -0.3 is 16.3 Å². The third-order valence-corrected chi connectivity index (χ3v) is 3.23. The van der Waals surface area contributed by atoms with Gasteiger partial charge in [-0.25, -0.2) is 0 Å². The smallest absolute Gasteiger partial charge is 0.237 e. The van der Waals surface area contributed by atoms with Gasteiger partial charge in [0.25, 0.3) is 0 Å². The first kappa shape index (κ1) is 15.0. The van der Waals surface area contributed by atoms with Crippen molar-refractivity contribution >= 4 is 17.4 Å². The van der Waals surface area contributed by atoms with Crippen LogP contribution in [0.25, 0.3) is 0 Å². The van der Waals surface area contributed by atoms with Gasteiger partial charge in [-0.15, -0.1) is 0 Å². The molecule has 0 saturated carbocycles. The third-order valence-electron chi connectivity index (χ3n) is 3.23. The largest absolute Gasteiger partial charge is 0.409 e. The Kier molecular flexibility index (Phi) is 4.19. The Labute approximate surface area is 113 Å². The molecular weight excluding hydrogens is 242 g/mol. The normalized spacial score (nSPS) is 12.4. The quantitative estimate of drug-likeness (QED) is 0.338. The molecule has 0 radical (unpaired) electrons. The van der Waals surface area contributed by atoms with Crippen molar-refractivity contribution in [3.63, 3.8) is 0 Å². The summed E-state index contributed by atoms with van der Waals surface area (Å²) in [6.07, 6.45) is 0. The number of nitrogens with one attached hydrogen (secondary N) is 1. The van der Waals surface area contributed by atoms with Gasteiger partial charge in [0.2, 0.25) is 5.91 Å². The van der Waals surface area contributed by atoms with Crippen molar-refractivity contribution in [1.29, 1.82) is 0 Å². The highest BCUT2D eigenvalue weighted by Crippen LogP contribution is 2.25. The van der Waals surface area contributed by atoms with Gasteiger partial charge in [-0.2, -0.15) is 0 Å². The van der Waals surface area contributed by atoms with Gasteiger partial charge >= 0.3 is 0 Å². The second-order valence-electron chi connectivity index (χ2n) is 5.34. The molecule has 104 valence electrons. The summed E-state index contributed by atoms with van der Waals surface area (Å²) in [6, 6.07) is 4.00. The van der Waals surface area contributed by atoms with Crippen LogP contribution in [0.3, 0.4) is 0 Å². The molecule has 1 rings (SSSR count). The molecule has 5 nitrogen and oxygen atoms in total. The van der Waals surface area contributed by atoms with E-state index in [1.54, 1.807) is 13.8 Å². The van der Waals surface area contributed by atoms with E-state index in [0.717, 1.165) is 22.4 Å². The number of aryl methyl sites for hydroxylation is 3. The van der Waals surface area contributed by atoms with Crippen molar-refractivity contribution in [2.75, 3.05) is 5.32 Å². The predicted molar refractivity (Wildman–Crippen MR) is 76.5 cm³/mol. The standard InChI is InChI=1S/C14H21N3O2/c1-8-6-9(2)11(10(3)7-8)16-13(18)14(4,5)12(15)17-19/h6-7,19H,1-5H3,(H2,15,17)(H,16,18). The molecule has 0 aliphatic rings. The van der Waals surface area contributed by atoms with E-state index in [1.165, 1.54) is 0 Å². The molecule has 1 aromatic carbocycles. The highest BCUT2D eigenvalue weighted by Gasteiger charge is 2.33.